The van der Waals surface area contributed by atoms with E-state index < -0.39 is 11.1 Å². The van der Waals surface area contributed by atoms with Crippen LogP contribution in [-0.4, -0.2) is 45.8 Å². The van der Waals surface area contributed by atoms with E-state index in [1.807, 2.05) is 12.1 Å². The topological polar surface area (TPSA) is 105 Å². The first-order chi connectivity index (χ1) is 14.7. The smallest absolute Gasteiger partial charge is 0.318 e. The van der Waals surface area contributed by atoms with Crippen LogP contribution in [0.4, 0.5) is 17.3 Å². The highest BCUT2D eigenvalue weighted by Gasteiger charge is 2.22. The van der Waals surface area contributed by atoms with E-state index in [1.165, 1.54) is 0 Å². The number of nitrogens with zero attached hydrogens (tertiary/aromatic N) is 4. The number of morpholine rings is 1. The van der Waals surface area contributed by atoms with Gasteiger partial charge in [-0.3, -0.25) is 14.2 Å². The Hall–Kier alpha value is -3.20. The summed E-state index contributed by atoms with van der Waals surface area (Å²) in [5.74, 6) is 0.389. The van der Waals surface area contributed by atoms with Crippen molar-refractivity contribution in [2.75, 3.05) is 36.5 Å². The van der Waals surface area contributed by atoms with Gasteiger partial charge in [0.2, 0.25) is 5.95 Å². The summed E-state index contributed by atoms with van der Waals surface area (Å²) < 4.78 is 6.96. The van der Waals surface area contributed by atoms with Crippen LogP contribution in [0.2, 0.25) is 0 Å². The van der Waals surface area contributed by atoms with Crippen molar-refractivity contribution < 1.29 is 4.74 Å². The van der Waals surface area contributed by atoms with Gasteiger partial charge >= 0.3 is 11.1 Å². The molecule has 2 aliphatic rings. The summed E-state index contributed by atoms with van der Waals surface area (Å²) in [6.07, 6.45) is 5.43. The Kier molecular flexibility index (Phi) is 4.96. The highest BCUT2D eigenvalue weighted by molar-refractivity contribution is 5.71. The van der Waals surface area contributed by atoms with Crippen LogP contribution in [0.15, 0.2) is 40.1 Å². The molecule has 3 heterocycles. The van der Waals surface area contributed by atoms with Gasteiger partial charge in [-0.25, -0.2) is 4.98 Å². The quantitative estimate of drug-likeness (QED) is 0.638. The molecule has 3 aromatic rings. The molecule has 2 N–H and O–H groups in total. The zero-order valence-corrected chi connectivity index (χ0v) is 16.6. The lowest BCUT2D eigenvalue weighted by Crippen LogP contribution is -2.38. The Labute approximate surface area is 172 Å². The van der Waals surface area contributed by atoms with Gasteiger partial charge in [0.15, 0.2) is 5.65 Å². The fourth-order valence-electron chi connectivity index (χ4n) is 4.29. The lowest BCUT2D eigenvalue weighted by molar-refractivity contribution is 0.122. The third-order valence-electron chi connectivity index (χ3n) is 5.85. The second-order valence-electron chi connectivity index (χ2n) is 7.77. The van der Waals surface area contributed by atoms with Crippen molar-refractivity contribution in [2.24, 2.45) is 0 Å². The third-order valence-corrected chi connectivity index (χ3v) is 5.85. The normalized spacial score (nSPS) is 17.5. The number of fused-ring (bicyclic) bond motifs is 1. The molecule has 0 spiro atoms. The lowest BCUT2D eigenvalue weighted by Gasteiger charge is -2.28. The van der Waals surface area contributed by atoms with E-state index in [-0.39, 0.29) is 6.04 Å². The molecule has 0 radical (unpaired) electrons. The van der Waals surface area contributed by atoms with Crippen LogP contribution in [0, 0.1) is 0 Å². The maximum atomic E-state index is 12.6. The average molecular weight is 408 g/mol. The number of hydrogen-bond donors (Lipinski definition) is 2. The zero-order valence-electron chi connectivity index (χ0n) is 16.6. The van der Waals surface area contributed by atoms with Crippen molar-refractivity contribution in [3.05, 3.63) is 51.2 Å². The first-order valence-corrected chi connectivity index (χ1v) is 10.4. The molecule has 0 atom stereocenters. The molecule has 156 valence electrons. The number of benzene rings is 1. The summed E-state index contributed by atoms with van der Waals surface area (Å²) in [5.41, 5.74) is 1.77. The maximum absolute atomic E-state index is 12.6. The highest BCUT2D eigenvalue weighted by atomic mass is 16.5. The van der Waals surface area contributed by atoms with Crippen molar-refractivity contribution in [3.63, 3.8) is 0 Å². The van der Waals surface area contributed by atoms with Gasteiger partial charge < -0.3 is 19.9 Å². The fraction of sp³-hybridized carbons (Fsp3) is 0.429. The fourth-order valence-corrected chi connectivity index (χ4v) is 4.29. The van der Waals surface area contributed by atoms with E-state index in [4.69, 9.17) is 4.74 Å². The maximum Gasteiger partial charge on any atom is 0.318 e. The molecule has 2 fully saturated rings. The molecule has 0 bridgehead atoms. The van der Waals surface area contributed by atoms with Gasteiger partial charge in [0.25, 0.3) is 0 Å². The van der Waals surface area contributed by atoms with E-state index in [9.17, 15) is 9.59 Å². The first kappa shape index (κ1) is 18.8. The molecule has 9 nitrogen and oxygen atoms in total. The largest absolute Gasteiger partial charge is 0.378 e. The number of nitrogens with one attached hydrogen (secondary N) is 2. The van der Waals surface area contributed by atoms with E-state index >= 15 is 0 Å². The Balaban J connectivity index is 1.45. The van der Waals surface area contributed by atoms with Gasteiger partial charge in [0, 0.05) is 30.5 Å². The summed E-state index contributed by atoms with van der Waals surface area (Å²) >= 11 is 0. The molecule has 5 rings (SSSR count). The molecule has 1 aliphatic carbocycles. The molecule has 1 saturated heterocycles. The second-order valence-corrected chi connectivity index (χ2v) is 7.77. The van der Waals surface area contributed by atoms with Crippen molar-refractivity contribution in [2.45, 2.75) is 31.7 Å². The number of anilines is 3. The number of rotatable bonds is 4. The summed E-state index contributed by atoms with van der Waals surface area (Å²) in [4.78, 5) is 38.4. The van der Waals surface area contributed by atoms with Gasteiger partial charge in [0.1, 0.15) is 5.52 Å². The Morgan fingerprint density at radius 3 is 2.53 bits per heavy atom. The lowest BCUT2D eigenvalue weighted by atomic mass is 10.2. The Bertz CT molecular complexity index is 1160. The van der Waals surface area contributed by atoms with E-state index in [2.05, 4.69) is 37.3 Å². The number of H-pyrrole nitrogens is 1. The molecule has 1 aromatic carbocycles. The molecular weight excluding hydrogens is 384 g/mol. The van der Waals surface area contributed by atoms with Crippen molar-refractivity contribution in [1.29, 1.82) is 0 Å². The average Bonchev–Trinajstić information content (AvgIpc) is 3.30. The highest BCUT2D eigenvalue weighted by Crippen LogP contribution is 2.30. The molecule has 9 heteroatoms. The summed E-state index contributed by atoms with van der Waals surface area (Å²) in [6.45, 7) is 3.26. The molecule has 1 aliphatic heterocycles. The number of aromatic amines is 1. The summed E-state index contributed by atoms with van der Waals surface area (Å²) in [7, 11) is 0. The Morgan fingerprint density at radius 2 is 1.80 bits per heavy atom. The molecule has 0 unspecified atom stereocenters. The van der Waals surface area contributed by atoms with Gasteiger partial charge in [-0.2, -0.15) is 4.98 Å². The van der Waals surface area contributed by atoms with Crippen molar-refractivity contribution >= 4 is 28.5 Å². The van der Waals surface area contributed by atoms with Crippen LogP contribution >= 0.6 is 0 Å². The summed E-state index contributed by atoms with van der Waals surface area (Å²) in [6, 6.07) is 8.09. The first-order valence-electron chi connectivity index (χ1n) is 10.4. The van der Waals surface area contributed by atoms with Crippen LogP contribution in [0.3, 0.4) is 0 Å². The molecule has 30 heavy (non-hydrogen) atoms. The monoisotopic (exact) mass is 408 g/mol. The number of ether oxygens (including phenoxy) is 1. The predicted octanol–water partition coefficient (Wildman–Crippen LogP) is 2.18. The van der Waals surface area contributed by atoms with E-state index in [0.717, 1.165) is 63.4 Å². The van der Waals surface area contributed by atoms with Crippen molar-refractivity contribution in [1.82, 2.24) is 19.5 Å². The number of hydrogen-bond acceptors (Lipinski definition) is 7. The van der Waals surface area contributed by atoms with Gasteiger partial charge in [0.05, 0.1) is 19.4 Å². The standard InChI is InChI=1S/C21H24N6O3/c28-19-20(29)27(16-3-1-2-4-16)18-17(24-19)13-22-21(25-18)23-14-5-7-15(8-6-14)26-9-11-30-12-10-26/h5-8,13,16H,1-4,9-12H2,(H,24,28)(H,22,23,25). The second kappa shape index (κ2) is 7.91. The third kappa shape index (κ3) is 3.56. The minimum atomic E-state index is -0.627. The van der Waals surface area contributed by atoms with Gasteiger partial charge in [-0.15, -0.1) is 0 Å². The van der Waals surface area contributed by atoms with Crippen LogP contribution in [-0.2, 0) is 4.74 Å². The molecule has 0 amide bonds. The van der Waals surface area contributed by atoms with Gasteiger partial charge in [-0.05, 0) is 37.1 Å². The number of aromatic nitrogens is 4. The molecular formula is C21H24N6O3. The zero-order chi connectivity index (χ0) is 20.5. The van der Waals surface area contributed by atoms with Crippen LogP contribution in [0.5, 0.6) is 0 Å². The molecule has 2 aromatic heterocycles. The van der Waals surface area contributed by atoms with Crippen LogP contribution < -0.4 is 21.3 Å². The van der Waals surface area contributed by atoms with E-state index in [1.54, 1.807) is 10.8 Å². The minimum Gasteiger partial charge on any atom is -0.378 e. The van der Waals surface area contributed by atoms with Crippen LogP contribution in [0.25, 0.3) is 11.2 Å². The summed E-state index contributed by atoms with van der Waals surface area (Å²) in [5, 5.41) is 3.21. The van der Waals surface area contributed by atoms with Crippen molar-refractivity contribution in [3.8, 4) is 0 Å². The van der Waals surface area contributed by atoms with Crippen LogP contribution in [0.1, 0.15) is 31.7 Å². The predicted molar refractivity (Wildman–Crippen MR) is 115 cm³/mol. The molecule has 1 saturated carbocycles. The van der Waals surface area contributed by atoms with E-state index in [0.29, 0.717) is 17.1 Å². The van der Waals surface area contributed by atoms with Gasteiger partial charge in [-0.1, -0.05) is 12.8 Å². The SMILES string of the molecule is O=c1[nH]c2cnc(Nc3ccc(N4CCOCC4)cc3)nc2n(C2CCCC2)c1=O. The minimum absolute atomic E-state index is 0.0119. The Morgan fingerprint density at radius 1 is 1.07 bits per heavy atom.